The standard InChI is InChI=1S/C14H12N3O5/c18-13(11-4-2-1-3-5-11)9-16-7-6-15-12(8-16)14(19)22-10-17(20)21/h1-8H,9-10H2/q+1. The molecule has 0 aliphatic rings. The molecule has 8 heteroatoms. The molecule has 22 heavy (non-hydrogen) atoms. The van der Waals surface area contributed by atoms with E-state index in [-0.39, 0.29) is 18.0 Å². The number of carbonyl (C=O) groups is 2. The fraction of sp³-hybridized carbons (Fsp3) is 0.143. The molecule has 2 rings (SSSR count). The SMILES string of the molecule is O=C(C[n+]1ccnc(C(=O)OC[N+](=O)[O-])c1)c1ccccc1. The molecule has 112 valence electrons. The molecule has 0 N–H and O–H groups in total. The second-order valence-corrected chi connectivity index (χ2v) is 4.30. The van der Waals surface area contributed by atoms with E-state index in [0.717, 1.165) is 0 Å². The molecule has 8 nitrogen and oxygen atoms in total. The first-order chi connectivity index (χ1) is 10.6. The molecule has 0 saturated carbocycles. The Morgan fingerprint density at radius 1 is 1.27 bits per heavy atom. The number of benzene rings is 1. The summed E-state index contributed by atoms with van der Waals surface area (Å²) < 4.78 is 5.90. The summed E-state index contributed by atoms with van der Waals surface area (Å²) in [5.74, 6) is -1.06. The van der Waals surface area contributed by atoms with Crippen molar-refractivity contribution in [3.05, 3.63) is 70.3 Å². The smallest absolute Gasteiger partial charge is 0.368 e. The first-order valence-corrected chi connectivity index (χ1v) is 6.28. The lowest BCUT2D eigenvalue weighted by molar-refractivity contribution is -0.683. The van der Waals surface area contributed by atoms with Gasteiger partial charge in [-0.05, 0) is 0 Å². The highest BCUT2D eigenvalue weighted by Gasteiger charge is 2.18. The Bertz CT molecular complexity index is 703. The third-order valence-electron chi connectivity index (χ3n) is 2.69. The van der Waals surface area contributed by atoms with Gasteiger partial charge in [0.2, 0.25) is 24.2 Å². The minimum atomic E-state index is -0.932. The molecule has 0 amide bonds. The Morgan fingerprint density at radius 3 is 2.68 bits per heavy atom. The summed E-state index contributed by atoms with van der Waals surface area (Å²) in [5, 5.41) is 10.2. The van der Waals surface area contributed by atoms with E-state index in [4.69, 9.17) is 0 Å². The van der Waals surface area contributed by atoms with Crippen LogP contribution in [0, 0.1) is 10.1 Å². The normalized spacial score (nSPS) is 10.0. The molecule has 1 heterocycles. The molecule has 0 fully saturated rings. The zero-order chi connectivity index (χ0) is 15.9. The first-order valence-electron chi connectivity index (χ1n) is 6.28. The third kappa shape index (κ3) is 4.17. The Labute approximate surface area is 125 Å². The Hall–Kier alpha value is -3.16. The lowest BCUT2D eigenvalue weighted by Crippen LogP contribution is -2.38. The molecule has 1 aromatic carbocycles. The van der Waals surface area contributed by atoms with Crippen molar-refractivity contribution < 1.29 is 23.8 Å². The molecule has 0 saturated heterocycles. The highest BCUT2D eigenvalue weighted by molar-refractivity contribution is 5.95. The number of ketones is 1. The van der Waals surface area contributed by atoms with Gasteiger partial charge >= 0.3 is 12.7 Å². The van der Waals surface area contributed by atoms with Crippen LogP contribution in [0.3, 0.4) is 0 Å². The van der Waals surface area contributed by atoms with E-state index in [1.807, 2.05) is 0 Å². The highest BCUT2D eigenvalue weighted by Crippen LogP contribution is 2.00. The number of hydrogen-bond donors (Lipinski definition) is 0. The number of rotatable bonds is 6. The van der Waals surface area contributed by atoms with Crippen molar-refractivity contribution in [1.82, 2.24) is 4.98 Å². The summed E-state index contributed by atoms with van der Waals surface area (Å²) in [5.41, 5.74) is 0.439. The zero-order valence-corrected chi connectivity index (χ0v) is 11.4. The van der Waals surface area contributed by atoms with Crippen molar-refractivity contribution >= 4 is 11.8 Å². The minimum Gasteiger partial charge on any atom is -0.395 e. The van der Waals surface area contributed by atoms with Crippen molar-refractivity contribution in [2.75, 3.05) is 6.73 Å². The molecule has 0 unspecified atom stereocenters. The molecular weight excluding hydrogens is 290 g/mol. The summed E-state index contributed by atoms with van der Waals surface area (Å²) in [6.07, 6.45) is 4.15. The lowest BCUT2D eigenvalue weighted by atomic mass is 10.1. The van der Waals surface area contributed by atoms with Gasteiger partial charge in [0, 0.05) is 5.56 Å². The van der Waals surface area contributed by atoms with Crippen LogP contribution in [0.1, 0.15) is 20.8 Å². The molecule has 2 aromatic rings. The Morgan fingerprint density at radius 2 is 2.00 bits per heavy atom. The van der Waals surface area contributed by atoms with Crippen LogP contribution < -0.4 is 4.57 Å². The van der Waals surface area contributed by atoms with Crippen molar-refractivity contribution in [1.29, 1.82) is 0 Å². The van der Waals surface area contributed by atoms with Gasteiger partial charge in [0.05, 0.1) is 11.1 Å². The number of nitro groups is 1. The number of nitrogens with zero attached hydrogens (tertiary/aromatic N) is 3. The van der Waals surface area contributed by atoms with Crippen LogP contribution in [-0.2, 0) is 11.3 Å². The average molecular weight is 302 g/mol. The number of esters is 1. The van der Waals surface area contributed by atoms with Crippen molar-refractivity contribution in [3.63, 3.8) is 0 Å². The molecule has 1 aromatic heterocycles. The Balaban J connectivity index is 2.07. The zero-order valence-electron chi connectivity index (χ0n) is 11.4. The van der Waals surface area contributed by atoms with Crippen LogP contribution in [0.5, 0.6) is 0 Å². The molecule has 0 bridgehead atoms. The van der Waals surface area contributed by atoms with Gasteiger partial charge in [0.1, 0.15) is 0 Å². The van der Waals surface area contributed by atoms with Crippen molar-refractivity contribution in [2.24, 2.45) is 0 Å². The van der Waals surface area contributed by atoms with E-state index in [0.29, 0.717) is 5.56 Å². The quantitative estimate of drug-likeness (QED) is 0.194. The third-order valence-corrected chi connectivity index (χ3v) is 2.69. The maximum atomic E-state index is 12.1. The largest absolute Gasteiger partial charge is 0.395 e. The highest BCUT2D eigenvalue weighted by atomic mass is 16.7. The van der Waals surface area contributed by atoms with Crippen LogP contribution in [-0.4, -0.2) is 28.4 Å². The fourth-order valence-corrected chi connectivity index (χ4v) is 1.70. The number of hydrogen-bond acceptors (Lipinski definition) is 6. The molecule has 0 spiro atoms. The number of Topliss-reactive ketones (excluding diaryl/α,β-unsaturated/α-hetero) is 1. The predicted molar refractivity (Wildman–Crippen MR) is 72.5 cm³/mol. The van der Waals surface area contributed by atoms with E-state index < -0.39 is 17.6 Å². The van der Waals surface area contributed by atoms with Gasteiger partial charge in [-0.2, -0.15) is 4.57 Å². The van der Waals surface area contributed by atoms with Gasteiger partial charge in [-0.3, -0.25) is 14.9 Å². The Kier molecular flexibility index (Phi) is 4.86. The van der Waals surface area contributed by atoms with Gasteiger partial charge in [0.15, 0.2) is 6.20 Å². The number of ether oxygens (including phenoxy) is 1. The van der Waals surface area contributed by atoms with Crippen molar-refractivity contribution in [2.45, 2.75) is 6.54 Å². The van der Waals surface area contributed by atoms with Crippen LogP contribution in [0.4, 0.5) is 0 Å². The van der Waals surface area contributed by atoms with Gasteiger partial charge in [-0.1, -0.05) is 30.3 Å². The van der Waals surface area contributed by atoms with E-state index >= 15 is 0 Å². The summed E-state index contributed by atoms with van der Waals surface area (Å²) in [6, 6.07) is 8.70. The molecular formula is C14H12N3O5+. The summed E-state index contributed by atoms with van der Waals surface area (Å²) in [4.78, 5) is 36.8. The topological polar surface area (TPSA) is 103 Å². The fourth-order valence-electron chi connectivity index (χ4n) is 1.70. The monoisotopic (exact) mass is 302 g/mol. The summed E-state index contributed by atoms with van der Waals surface area (Å²) >= 11 is 0. The van der Waals surface area contributed by atoms with E-state index in [9.17, 15) is 19.7 Å². The van der Waals surface area contributed by atoms with Crippen LogP contribution >= 0.6 is 0 Å². The van der Waals surface area contributed by atoms with Crippen LogP contribution in [0.25, 0.3) is 0 Å². The molecule has 0 aliphatic carbocycles. The number of carbonyl (C=O) groups excluding carboxylic acids is 2. The summed E-state index contributed by atoms with van der Waals surface area (Å²) in [7, 11) is 0. The average Bonchev–Trinajstić information content (AvgIpc) is 2.53. The van der Waals surface area contributed by atoms with Gasteiger partial charge < -0.3 is 4.74 Å². The maximum Gasteiger partial charge on any atom is 0.368 e. The second-order valence-electron chi connectivity index (χ2n) is 4.30. The summed E-state index contributed by atoms with van der Waals surface area (Å²) in [6.45, 7) is -0.916. The van der Waals surface area contributed by atoms with Gasteiger partial charge in [0.25, 0.3) is 0 Å². The molecule has 0 aliphatic heterocycles. The maximum absolute atomic E-state index is 12.1. The minimum absolute atomic E-state index is 0.0159. The molecule has 0 radical (unpaired) electrons. The van der Waals surface area contributed by atoms with Gasteiger partial charge in [-0.15, -0.1) is 0 Å². The molecule has 0 atom stereocenters. The second kappa shape index (κ2) is 7.02. The van der Waals surface area contributed by atoms with E-state index in [2.05, 4.69) is 9.72 Å². The lowest BCUT2D eigenvalue weighted by Gasteiger charge is -2.00. The first kappa shape index (κ1) is 15.2. The van der Waals surface area contributed by atoms with Gasteiger partial charge in [-0.25, -0.2) is 9.78 Å². The number of aromatic nitrogens is 2. The van der Waals surface area contributed by atoms with Crippen molar-refractivity contribution in [3.8, 4) is 0 Å². The predicted octanol–water partition coefficient (Wildman–Crippen LogP) is 0.643. The van der Waals surface area contributed by atoms with E-state index in [1.165, 1.54) is 23.2 Å². The van der Waals surface area contributed by atoms with Crippen LogP contribution in [0.2, 0.25) is 0 Å². The van der Waals surface area contributed by atoms with Crippen LogP contribution in [0.15, 0.2) is 48.9 Å². The van der Waals surface area contributed by atoms with E-state index in [1.54, 1.807) is 30.3 Å².